The summed E-state index contributed by atoms with van der Waals surface area (Å²) in [6, 6.07) is 7.99. The molecule has 37 heavy (non-hydrogen) atoms. The molecule has 2 aliphatic heterocycles. The van der Waals surface area contributed by atoms with Crippen LogP contribution in [-0.2, 0) is 9.59 Å². The average Bonchev–Trinajstić information content (AvgIpc) is 3.44. The Labute approximate surface area is 216 Å². The van der Waals surface area contributed by atoms with E-state index in [9.17, 15) is 24.4 Å². The van der Waals surface area contributed by atoms with Crippen LogP contribution in [0.5, 0.6) is 0 Å². The molecule has 4 rings (SSSR count). The maximum absolute atomic E-state index is 13.7. The number of nitrogens with one attached hydrogen (secondary N) is 1. The smallest absolute Gasteiger partial charge is 0.255 e. The Bertz CT molecular complexity index is 1180. The van der Waals surface area contributed by atoms with Crippen molar-refractivity contribution in [3.63, 3.8) is 0 Å². The first-order valence-corrected chi connectivity index (χ1v) is 12.5. The van der Waals surface area contributed by atoms with Gasteiger partial charge in [0.05, 0.1) is 18.2 Å². The molecule has 3 amide bonds. The van der Waals surface area contributed by atoms with E-state index in [-0.39, 0.29) is 36.0 Å². The number of rotatable bonds is 7. The number of benzene rings is 1. The summed E-state index contributed by atoms with van der Waals surface area (Å²) in [7, 11) is 3.83. The first kappa shape index (κ1) is 26.1. The molecule has 2 saturated heterocycles. The summed E-state index contributed by atoms with van der Waals surface area (Å²) in [4.78, 5) is 57.7. The largest absolute Gasteiger partial charge is 0.619 e. The van der Waals surface area contributed by atoms with Crippen LogP contribution in [0, 0.1) is 11.1 Å². The summed E-state index contributed by atoms with van der Waals surface area (Å²) in [5, 5.41) is 14.2. The van der Waals surface area contributed by atoms with Gasteiger partial charge in [0.25, 0.3) is 11.8 Å². The van der Waals surface area contributed by atoms with E-state index in [2.05, 4.69) is 5.32 Å². The summed E-state index contributed by atoms with van der Waals surface area (Å²) in [5.74, 6) is -1.08. The topological polar surface area (TPSA) is 117 Å². The van der Waals surface area contributed by atoms with Crippen LogP contribution in [0.2, 0.25) is 0 Å². The van der Waals surface area contributed by atoms with Gasteiger partial charge in [-0.1, -0.05) is 13.8 Å². The monoisotopic (exact) mass is 507 g/mol. The Hall–Kier alpha value is -3.95. The number of likely N-dealkylation sites (tertiary alicyclic amines) is 2. The minimum absolute atomic E-state index is 0.0936. The van der Waals surface area contributed by atoms with Crippen LogP contribution >= 0.6 is 0 Å². The van der Waals surface area contributed by atoms with Crippen molar-refractivity contribution in [1.29, 1.82) is 0 Å². The number of anilines is 1. The number of hydrogen-bond donors (Lipinski definition) is 1. The predicted octanol–water partition coefficient (Wildman–Crippen LogP) is 1.23. The number of ketones is 1. The van der Waals surface area contributed by atoms with E-state index in [4.69, 9.17) is 0 Å². The van der Waals surface area contributed by atoms with Gasteiger partial charge in [-0.25, -0.2) is 0 Å². The second-order valence-corrected chi connectivity index (χ2v) is 10.3. The number of carbonyl (C=O) groups excluding carboxylic acids is 4. The summed E-state index contributed by atoms with van der Waals surface area (Å²) < 4.78 is 0.588. The van der Waals surface area contributed by atoms with Gasteiger partial charge in [0.1, 0.15) is 12.1 Å². The predicted molar refractivity (Wildman–Crippen MR) is 137 cm³/mol. The minimum atomic E-state index is -0.793. The maximum Gasteiger partial charge on any atom is 0.255 e. The molecule has 1 aromatic carbocycles. The highest BCUT2D eigenvalue weighted by Gasteiger charge is 2.52. The molecule has 3 atom stereocenters. The number of amides is 3. The molecule has 1 aromatic heterocycles. The lowest BCUT2D eigenvalue weighted by Crippen LogP contribution is -2.53. The lowest BCUT2D eigenvalue weighted by Gasteiger charge is -2.29. The Kier molecular flexibility index (Phi) is 7.47. The van der Waals surface area contributed by atoms with Crippen molar-refractivity contribution in [3.05, 3.63) is 65.1 Å². The second-order valence-electron chi connectivity index (χ2n) is 10.3. The number of hydrogen-bond acceptors (Lipinski definition) is 6. The Morgan fingerprint density at radius 3 is 2.30 bits per heavy atom. The summed E-state index contributed by atoms with van der Waals surface area (Å²) in [6.07, 6.45) is 3.36. The van der Waals surface area contributed by atoms with Crippen molar-refractivity contribution in [2.24, 2.45) is 5.92 Å². The first-order valence-electron chi connectivity index (χ1n) is 12.5. The van der Waals surface area contributed by atoms with Gasteiger partial charge in [-0.2, -0.15) is 4.73 Å². The standard InChI is InChI=1S/C27H33N5O5/c1-17(2)15-21(28-25(34)18-5-7-20(8-6-18)29(3)4)27(36)31-14-11-22-24(31)23(33)16-32(22)26(35)19-9-12-30(37)13-10-19/h5-10,12-13,17,21-22,24H,11,14-16H2,1-4H3,(H,28,34)/t21-,22+,24-/m0/s1. The molecule has 1 N–H and O–H groups in total. The third kappa shape index (κ3) is 5.42. The number of nitrogens with zero attached hydrogens (tertiary/aromatic N) is 4. The zero-order chi connectivity index (χ0) is 26.9. The lowest BCUT2D eigenvalue weighted by molar-refractivity contribution is -0.605. The summed E-state index contributed by atoms with van der Waals surface area (Å²) >= 11 is 0. The van der Waals surface area contributed by atoms with E-state index in [1.807, 2.05) is 45.0 Å². The van der Waals surface area contributed by atoms with Gasteiger partial charge < -0.3 is 25.2 Å². The molecule has 10 nitrogen and oxygen atoms in total. The highest BCUT2D eigenvalue weighted by atomic mass is 16.5. The first-order chi connectivity index (χ1) is 17.6. The molecular formula is C27H33N5O5. The van der Waals surface area contributed by atoms with Crippen LogP contribution in [0.1, 0.15) is 47.4 Å². The van der Waals surface area contributed by atoms with Gasteiger partial charge in [0.2, 0.25) is 5.91 Å². The van der Waals surface area contributed by atoms with Gasteiger partial charge in [0.15, 0.2) is 18.2 Å². The van der Waals surface area contributed by atoms with Crippen LogP contribution in [0.25, 0.3) is 0 Å². The van der Waals surface area contributed by atoms with E-state index in [0.717, 1.165) is 5.69 Å². The normalized spacial score (nSPS) is 19.6. The minimum Gasteiger partial charge on any atom is -0.619 e. The van der Waals surface area contributed by atoms with E-state index >= 15 is 0 Å². The van der Waals surface area contributed by atoms with Crippen molar-refractivity contribution in [2.75, 3.05) is 32.1 Å². The molecule has 0 bridgehead atoms. The molecular weight excluding hydrogens is 474 g/mol. The van der Waals surface area contributed by atoms with E-state index in [1.165, 1.54) is 34.3 Å². The number of Topliss-reactive ketones (excluding diaryl/α,β-unsaturated/α-hetero) is 1. The van der Waals surface area contributed by atoms with Crippen molar-refractivity contribution in [1.82, 2.24) is 15.1 Å². The molecule has 2 aromatic rings. The molecule has 0 radical (unpaired) electrons. The van der Waals surface area contributed by atoms with Gasteiger partial charge in [0, 0.05) is 44.0 Å². The van der Waals surface area contributed by atoms with E-state index < -0.39 is 18.1 Å². The SMILES string of the molecule is CC(C)C[C@H](NC(=O)c1ccc(N(C)C)cc1)C(=O)N1CC[C@@H]2[C@H]1C(=O)CN2C(=O)c1cc[n+]([O-])cc1. The van der Waals surface area contributed by atoms with Crippen molar-refractivity contribution in [2.45, 2.75) is 44.8 Å². The van der Waals surface area contributed by atoms with Gasteiger partial charge >= 0.3 is 0 Å². The second kappa shape index (κ2) is 10.6. The zero-order valence-corrected chi connectivity index (χ0v) is 21.6. The lowest BCUT2D eigenvalue weighted by atomic mass is 10.0. The molecule has 0 saturated carbocycles. The van der Waals surface area contributed by atoms with Gasteiger partial charge in [-0.05, 0) is 43.0 Å². The number of aromatic nitrogens is 1. The molecule has 0 spiro atoms. The van der Waals surface area contributed by atoms with Gasteiger partial charge in [-0.3, -0.25) is 19.2 Å². The average molecular weight is 508 g/mol. The molecule has 0 unspecified atom stereocenters. The van der Waals surface area contributed by atoms with Crippen molar-refractivity contribution >= 4 is 29.2 Å². The van der Waals surface area contributed by atoms with Crippen molar-refractivity contribution < 1.29 is 23.9 Å². The van der Waals surface area contributed by atoms with E-state index in [1.54, 1.807) is 12.1 Å². The fourth-order valence-corrected chi connectivity index (χ4v) is 5.11. The number of carbonyl (C=O) groups is 4. The quantitative estimate of drug-likeness (QED) is 0.445. The molecule has 3 heterocycles. The maximum atomic E-state index is 13.7. The number of fused-ring (bicyclic) bond motifs is 1. The third-order valence-corrected chi connectivity index (χ3v) is 6.97. The molecule has 2 aliphatic rings. The molecule has 0 aliphatic carbocycles. The third-order valence-electron chi connectivity index (χ3n) is 6.97. The van der Waals surface area contributed by atoms with Gasteiger partial charge in [-0.15, -0.1) is 0 Å². The highest BCUT2D eigenvalue weighted by molar-refractivity contribution is 6.03. The fourth-order valence-electron chi connectivity index (χ4n) is 5.11. The fraction of sp³-hybridized carbons (Fsp3) is 0.444. The van der Waals surface area contributed by atoms with Crippen LogP contribution in [-0.4, -0.2) is 78.6 Å². The molecule has 10 heteroatoms. The van der Waals surface area contributed by atoms with Crippen LogP contribution < -0.4 is 14.9 Å². The zero-order valence-electron chi connectivity index (χ0n) is 21.6. The van der Waals surface area contributed by atoms with Crippen LogP contribution in [0.3, 0.4) is 0 Å². The number of pyridine rings is 1. The summed E-state index contributed by atoms with van der Waals surface area (Å²) in [6.45, 7) is 4.17. The molecule has 196 valence electrons. The highest BCUT2D eigenvalue weighted by Crippen LogP contribution is 2.31. The Balaban J connectivity index is 1.49. The summed E-state index contributed by atoms with van der Waals surface area (Å²) in [5.41, 5.74) is 1.72. The molecule has 2 fully saturated rings. The Morgan fingerprint density at radius 1 is 1.05 bits per heavy atom. The van der Waals surface area contributed by atoms with Crippen LogP contribution in [0.15, 0.2) is 48.8 Å². The van der Waals surface area contributed by atoms with Crippen LogP contribution in [0.4, 0.5) is 5.69 Å². The van der Waals surface area contributed by atoms with Crippen molar-refractivity contribution in [3.8, 4) is 0 Å². The Morgan fingerprint density at radius 2 is 1.70 bits per heavy atom. The van der Waals surface area contributed by atoms with E-state index in [0.29, 0.717) is 35.2 Å².